The lowest BCUT2D eigenvalue weighted by atomic mass is 10.1. The van der Waals surface area contributed by atoms with E-state index in [9.17, 15) is 5.26 Å². The molecule has 0 spiro atoms. The molecule has 3 aromatic rings. The minimum atomic E-state index is 0.328. The predicted molar refractivity (Wildman–Crippen MR) is 80.5 cm³/mol. The van der Waals surface area contributed by atoms with Crippen LogP contribution in [0.4, 0.5) is 0 Å². The average Bonchev–Trinajstić information content (AvgIpc) is 2.97. The van der Waals surface area contributed by atoms with Crippen LogP contribution < -0.4 is 4.74 Å². The first-order chi connectivity index (χ1) is 10.3. The van der Waals surface area contributed by atoms with Crippen molar-refractivity contribution in [2.75, 3.05) is 7.11 Å². The summed E-state index contributed by atoms with van der Waals surface area (Å²) in [4.78, 5) is 4.33. The number of aromatic nitrogens is 1. The highest BCUT2D eigenvalue weighted by atomic mass is 16.5. The first-order valence-corrected chi connectivity index (χ1v) is 6.42. The molecule has 0 N–H and O–H groups in total. The largest absolute Gasteiger partial charge is 0.497 e. The predicted octanol–water partition coefficient (Wildman–Crippen LogP) is 3.90. The van der Waals surface area contributed by atoms with E-state index in [2.05, 4.69) is 11.1 Å². The van der Waals surface area contributed by atoms with Crippen LogP contribution in [0.25, 0.3) is 22.7 Å². The normalized spacial score (nSPS) is 11.3. The third-order valence-electron chi connectivity index (χ3n) is 3.07. The summed E-state index contributed by atoms with van der Waals surface area (Å²) in [5.74, 6) is 1.10. The van der Waals surface area contributed by atoms with Gasteiger partial charge in [-0.15, -0.1) is 0 Å². The fraction of sp³-hybridized carbons (Fsp3) is 0.0588. The van der Waals surface area contributed by atoms with Crippen molar-refractivity contribution in [3.8, 4) is 11.8 Å². The van der Waals surface area contributed by atoms with E-state index in [0.717, 1.165) is 16.8 Å². The summed E-state index contributed by atoms with van der Waals surface area (Å²) in [5.41, 5.74) is 2.68. The van der Waals surface area contributed by atoms with Crippen molar-refractivity contribution in [3.63, 3.8) is 0 Å². The topological polar surface area (TPSA) is 59.0 Å². The molecule has 1 aromatic heterocycles. The minimum Gasteiger partial charge on any atom is -0.497 e. The number of nitrogens with zero attached hydrogens (tertiary/aromatic N) is 2. The SMILES string of the molecule is COc1ccc(C=C(C#N)c2nc3ccccc3o2)cc1. The molecule has 3 rings (SSSR count). The molecule has 0 amide bonds. The van der Waals surface area contributed by atoms with Gasteiger partial charge in [-0.25, -0.2) is 4.98 Å². The molecule has 4 heteroatoms. The van der Waals surface area contributed by atoms with E-state index >= 15 is 0 Å². The average molecular weight is 276 g/mol. The van der Waals surface area contributed by atoms with Crippen LogP contribution >= 0.6 is 0 Å². The van der Waals surface area contributed by atoms with E-state index in [4.69, 9.17) is 9.15 Å². The van der Waals surface area contributed by atoms with E-state index < -0.39 is 0 Å². The van der Waals surface area contributed by atoms with E-state index in [1.807, 2.05) is 48.5 Å². The number of fused-ring (bicyclic) bond motifs is 1. The van der Waals surface area contributed by atoms with Gasteiger partial charge in [0.25, 0.3) is 0 Å². The second-order valence-electron chi connectivity index (χ2n) is 4.43. The number of oxazole rings is 1. The van der Waals surface area contributed by atoms with Crippen LogP contribution in [0, 0.1) is 11.3 Å². The summed E-state index contributed by atoms with van der Waals surface area (Å²) in [6, 6.07) is 17.0. The highest BCUT2D eigenvalue weighted by Crippen LogP contribution is 2.23. The van der Waals surface area contributed by atoms with Gasteiger partial charge >= 0.3 is 0 Å². The van der Waals surface area contributed by atoms with Gasteiger partial charge in [-0.3, -0.25) is 0 Å². The Hall–Kier alpha value is -3.06. The van der Waals surface area contributed by atoms with Crippen molar-refractivity contribution in [1.82, 2.24) is 4.98 Å². The Bertz CT molecular complexity index is 806. The number of rotatable bonds is 3. The third-order valence-corrected chi connectivity index (χ3v) is 3.07. The number of hydrogen-bond acceptors (Lipinski definition) is 4. The Labute approximate surface area is 121 Å². The fourth-order valence-electron chi connectivity index (χ4n) is 2.00. The van der Waals surface area contributed by atoms with Crippen LogP contribution in [0.5, 0.6) is 5.75 Å². The monoisotopic (exact) mass is 276 g/mol. The Morgan fingerprint density at radius 1 is 1.19 bits per heavy atom. The van der Waals surface area contributed by atoms with Crippen molar-refractivity contribution < 1.29 is 9.15 Å². The molecular formula is C17H12N2O2. The summed E-state index contributed by atoms with van der Waals surface area (Å²) in [5, 5.41) is 9.32. The first kappa shape index (κ1) is 12.9. The van der Waals surface area contributed by atoms with E-state index in [1.54, 1.807) is 13.2 Å². The summed E-state index contributed by atoms with van der Waals surface area (Å²) >= 11 is 0. The molecule has 102 valence electrons. The molecule has 0 aliphatic rings. The van der Waals surface area contributed by atoms with Crippen LogP contribution in [0.3, 0.4) is 0 Å². The molecule has 2 aromatic carbocycles. The Morgan fingerprint density at radius 3 is 2.62 bits per heavy atom. The molecule has 0 radical (unpaired) electrons. The quantitative estimate of drug-likeness (QED) is 0.681. The van der Waals surface area contributed by atoms with E-state index in [1.165, 1.54) is 0 Å². The number of nitriles is 1. The molecule has 0 fully saturated rings. The number of ether oxygens (including phenoxy) is 1. The van der Waals surface area contributed by atoms with Gasteiger partial charge < -0.3 is 9.15 Å². The van der Waals surface area contributed by atoms with Crippen LogP contribution in [0.15, 0.2) is 52.9 Å². The highest BCUT2D eigenvalue weighted by molar-refractivity contribution is 5.88. The summed E-state index contributed by atoms with van der Waals surface area (Å²) < 4.78 is 10.7. The zero-order valence-electron chi connectivity index (χ0n) is 11.4. The molecule has 0 atom stereocenters. The van der Waals surface area contributed by atoms with Crippen LogP contribution in [-0.4, -0.2) is 12.1 Å². The number of para-hydroxylation sites is 2. The molecule has 0 aliphatic heterocycles. The summed E-state index contributed by atoms with van der Waals surface area (Å²) in [6.45, 7) is 0. The number of benzene rings is 2. The van der Waals surface area contributed by atoms with Crippen molar-refractivity contribution in [3.05, 3.63) is 60.0 Å². The van der Waals surface area contributed by atoms with Gasteiger partial charge in [0, 0.05) is 0 Å². The maximum Gasteiger partial charge on any atom is 0.238 e. The maximum absolute atomic E-state index is 9.32. The first-order valence-electron chi connectivity index (χ1n) is 6.42. The van der Waals surface area contributed by atoms with Crippen molar-refractivity contribution in [2.24, 2.45) is 0 Å². The van der Waals surface area contributed by atoms with Crippen LogP contribution in [0.1, 0.15) is 11.5 Å². The zero-order chi connectivity index (χ0) is 14.7. The molecule has 0 saturated heterocycles. The third kappa shape index (κ3) is 2.63. The molecule has 0 saturated carbocycles. The molecule has 0 aliphatic carbocycles. The van der Waals surface area contributed by atoms with E-state index in [0.29, 0.717) is 17.0 Å². The second kappa shape index (κ2) is 5.51. The molecule has 4 nitrogen and oxygen atoms in total. The second-order valence-corrected chi connectivity index (χ2v) is 4.43. The van der Waals surface area contributed by atoms with E-state index in [-0.39, 0.29) is 0 Å². The highest BCUT2D eigenvalue weighted by Gasteiger charge is 2.10. The fourth-order valence-corrected chi connectivity index (χ4v) is 2.00. The molecule has 21 heavy (non-hydrogen) atoms. The summed E-state index contributed by atoms with van der Waals surface area (Å²) in [6.07, 6.45) is 1.74. The van der Waals surface area contributed by atoms with Gasteiger partial charge in [0.2, 0.25) is 5.89 Å². The lowest BCUT2D eigenvalue weighted by molar-refractivity contribution is 0.415. The van der Waals surface area contributed by atoms with Crippen molar-refractivity contribution in [1.29, 1.82) is 5.26 Å². The van der Waals surface area contributed by atoms with Gasteiger partial charge in [-0.1, -0.05) is 24.3 Å². The van der Waals surface area contributed by atoms with Gasteiger partial charge in [0.05, 0.1) is 7.11 Å². The van der Waals surface area contributed by atoms with Gasteiger partial charge in [-0.05, 0) is 35.9 Å². The molecule has 0 bridgehead atoms. The lowest BCUT2D eigenvalue weighted by Gasteiger charge is -1.99. The summed E-state index contributed by atoms with van der Waals surface area (Å²) in [7, 11) is 1.61. The zero-order valence-corrected chi connectivity index (χ0v) is 11.4. The minimum absolute atomic E-state index is 0.328. The Balaban J connectivity index is 2.00. The lowest BCUT2D eigenvalue weighted by Crippen LogP contribution is -1.84. The standard InChI is InChI=1S/C17H12N2O2/c1-20-14-8-6-12(7-9-14)10-13(11-18)17-19-15-4-2-3-5-16(15)21-17/h2-10H,1H3. The Morgan fingerprint density at radius 2 is 1.95 bits per heavy atom. The van der Waals surface area contributed by atoms with Crippen molar-refractivity contribution >= 4 is 22.7 Å². The Kier molecular flexibility index (Phi) is 3.40. The number of hydrogen-bond donors (Lipinski definition) is 0. The van der Waals surface area contributed by atoms with Crippen molar-refractivity contribution in [2.45, 2.75) is 0 Å². The maximum atomic E-state index is 9.32. The van der Waals surface area contributed by atoms with Crippen LogP contribution in [-0.2, 0) is 0 Å². The molecular weight excluding hydrogens is 264 g/mol. The van der Waals surface area contributed by atoms with Gasteiger partial charge in [-0.2, -0.15) is 5.26 Å². The number of methoxy groups -OCH3 is 1. The van der Waals surface area contributed by atoms with Crippen LogP contribution in [0.2, 0.25) is 0 Å². The van der Waals surface area contributed by atoms with Gasteiger partial charge in [0.15, 0.2) is 5.58 Å². The smallest absolute Gasteiger partial charge is 0.238 e. The van der Waals surface area contributed by atoms with Gasteiger partial charge in [0.1, 0.15) is 22.9 Å². The number of allylic oxidation sites excluding steroid dienone is 1. The molecule has 0 unspecified atom stereocenters. The molecule has 1 heterocycles.